The van der Waals surface area contributed by atoms with Crippen LogP contribution in [0.25, 0.3) is 0 Å². The SMILES string of the molecule is CC(=O)OC1CC2(O)CC34OC(=O)CC3OC(C)(C)C4CC(O)C2C2=CCC3C(C)C(C4C=C(C)C(=O)O4)OC213. The van der Waals surface area contributed by atoms with Gasteiger partial charge in [-0.25, -0.2) is 4.79 Å². The van der Waals surface area contributed by atoms with Crippen LogP contribution in [0, 0.1) is 23.7 Å². The van der Waals surface area contributed by atoms with Gasteiger partial charge in [0, 0.05) is 43.1 Å². The normalized spacial score (nSPS) is 51.8. The first kappa shape index (κ1) is 26.6. The Balaban J connectivity index is 1.33. The summed E-state index contributed by atoms with van der Waals surface area (Å²) in [5.41, 5.74) is -3.18. The predicted molar refractivity (Wildman–Crippen MR) is 136 cm³/mol. The minimum atomic E-state index is -1.56. The summed E-state index contributed by atoms with van der Waals surface area (Å²) >= 11 is 0. The standard InChI is InChI=1S/C30H38O10/c1-13-8-19(37-26(13)34)25-14(2)16-6-7-17-24-18(32)9-20-27(4,5)38-21-10-23(33)39-29(20,21)12-28(24,35)11-22(36-15(3)31)30(16,17)40-25/h7-8,14,16,18-22,24-25,32,35H,6,9-12H2,1-5H3. The molecule has 2 spiro atoms. The van der Waals surface area contributed by atoms with Crippen molar-refractivity contribution in [3.63, 3.8) is 0 Å². The highest BCUT2D eigenvalue weighted by molar-refractivity contribution is 5.90. The summed E-state index contributed by atoms with van der Waals surface area (Å²) in [4.78, 5) is 37.3. The molecule has 218 valence electrons. The van der Waals surface area contributed by atoms with Crippen molar-refractivity contribution in [3.8, 4) is 0 Å². The van der Waals surface area contributed by atoms with Gasteiger partial charge in [-0.2, -0.15) is 0 Å². The zero-order valence-corrected chi connectivity index (χ0v) is 23.5. The zero-order chi connectivity index (χ0) is 28.6. The molecule has 12 atom stereocenters. The van der Waals surface area contributed by atoms with Crippen molar-refractivity contribution in [2.24, 2.45) is 23.7 Å². The first-order valence-corrected chi connectivity index (χ1v) is 14.5. The van der Waals surface area contributed by atoms with E-state index in [1.165, 1.54) is 6.92 Å². The molecule has 12 unspecified atom stereocenters. The fourth-order valence-electron chi connectivity index (χ4n) is 9.78. The van der Waals surface area contributed by atoms with E-state index in [-0.39, 0.29) is 55.4 Å². The molecule has 2 N–H and O–H groups in total. The third-order valence-electron chi connectivity index (χ3n) is 11.1. The van der Waals surface area contributed by atoms with Crippen molar-refractivity contribution >= 4 is 17.9 Å². The second kappa shape index (κ2) is 8.18. The summed E-state index contributed by atoms with van der Waals surface area (Å²) in [5, 5.41) is 24.5. The smallest absolute Gasteiger partial charge is 0.334 e. The van der Waals surface area contributed by atoms with Gasteiger partial charge < -0.3 is 33.9 Å². The van der Waals surface area contributed by atoms with Gasteiger partial charge in [0.15, 0.2) is 0 Å². The number of carbonyl (C=O) groups is 3. The van der Waals surface area contributed by atoms with Crippen molar-refractivity contribution in [2.75, 3.05) is 0 Å². The molecule has 0 radical (unpaired) electrons. The van der Waals surface area contributed by atoms with E-state index < -0.39 is 64.8 Å². The highest BCUT2D eigenvalue weighted by atomic mass is 16.6. The first-order valence-electron chi connectivity index (χ1n) is 14.5. The lowest BCUT2D eigenvalue weighted by molar-refractivity contribution is -0.214. The molecular formula is C30H38O10. The lowest BCUT2D eigenvalue weighted by Gasteiger charge is -2.54. The van der Waals surface area contributed by atoms with Crippen molar-refractivity contribution in [1.29, 1.82) is 0 Å². The number of allylic oxidation sites excluding steroid dienone is 1. The van der Waals surface area contributed by atoms with Gasteiger partial charge in [-0.05, 0) is 51.2 Å². The van der Waals surface area contributed by atoms with Gasteiger partial charge in [0.2, 0.25) is 0 Å². The van der Waals surface area contributed by atoms with E-state index in [2.05, 4.69) is 6.92 Å². The maximum atomic E-state index is 12.6. The maximum absolute atomic E-state index is 12.6. The molecule has 3 saturated heterocycles. The van der Waals surface area contributed by atoms with Crippen LogP contribution >= 0.6 is 0 Å². The minimum Gasteiger partial charge on any atom is -0.459 e. The average Bonchev–Trinajstić information content (AvgIpc) is 3.55. The highest BCUT2D eigenvalue weighted by Crippen LogP contribution is 2.67. The summed E-state index contributed by atoms with van der Waals surface area (Å²) in [6.07, 6.45) is 1.40. The number of carbonyl (C=O) groups excluding carboxylic acids is 3. The molecule has 10 heteroatoms. The van der Waals surface area contributed by atoms with Crippen LogP contribution < -0.4 is 0 Å². The lowest BCUT2D eigenvalue weighted by atomic mass is 9.59. The number of ether oxygens (including phenoxy) is 5. The molecule has 7 rings (SSSR count). The number of hydrogen-bond acceptors (Lipinski definition) is 10. The van der Waals surface area contributed by atoms with E-state index in [1.54, 1.807) is 13.0 Å². The Hall–Kier alpha value is -2.27. The second-order valence-corrected chi connectivity index (χ2v) is 13.7. The third-order valence-corrected chi connectivity index (χ3v) is 11.1. The Kier molecular flexibility index (Phi) is 5.44. The Bertz CT molecular complexity index is 1250. The van der Waals surface area contributed by atoms with E-state index in [1.807, 2.05) is 19.9 Å². The summed E-state index contributed by atoms with van der Waals surface area (Å²) in [7, 11) is 0. The molecule has 0 amide bonds. The topological polar surface area (TPSA) is 138 Å². The molecule has 2 saturated carbocycles. The number of fused-ring (bicyclic) bond motifs is 2. The van der Waals surface area contributed by atoms with Gasteiger partial charge in [0.1, 0.15) is 35.6 Å². The Morgan fingerprint density at radius 2 is 1.95 bits per heavy atom. The molecule has 40 heavy (non-hydrogen) atoms. The van der Waals surface area contributed by atoms with Crippen LogP contribution in [0.2, 0.25) is 0 Å². The van der Waals surface area contributed by atoms with Crippen LogP contribution in [-0.4, -0.2) is 81.0 Å². The van der Waals surface area contributed by atoms with Crippen molar-refractivity contribution in [2.45, 2.75) is 120 Å². The van der Waals surface area contributed by atoms with Gasteiger partial charge in [-0.1, -0.05) is 13.0 Å². The molecule has 5 fully saturated rings. The highest BCUT2D eigenvalue weighted by Gasteiger charge is 2.76. The predicted octanol–water partition coefficient (Wildman–Crippen LogP) is 1.89. The molecule has 0 aromatic heterocycles. The van der Waals surface area contributed by atoms with Crippen LogP contribution in [0.4, 0.5) is 0 Å². The molecule has 10 nitrogen and oxygen atoms in total. The van der Waals surface area contributed by atoms with Gasteiger partial charge in [0.25, 0.3) is 0 Å². The largest absolute Gasteiger partial charge is 0.459 e. The van der Waals surface area contributed by atoms with Crippen molar-refractivity contribution < 1.29 is 48.3 Å². The molecule has 4 heterocycles. The van der Waals surface area contributed by atoms with Gasteiger partial charge in [-0.15, -0.1) is 0 Å². The fraction of sp³-hybridized carbons (Fsp3) is 0.767. The molecular weight excluding hydrogens is 520 g/mol. The van der Waals surface area contributed by atoms with Crippen LogP contribution in [0.5, 0.6) is 0 Å². The Morgan fingerprint density at radius 3 is 2.62 bits per heavy atom. The lowest BCUT2D eigenvalue weighted by Crippen LogP contribution is -2.64. The number of aliphatic hydroxyl groups excluding tert-OH is 1. The quantitative estimate of drug-likeness (QED) is 0.294. The summed E-state index contributed by atoms with van der Waals surface area (Å²) in [6, 6.07) is 0. The van der Waals surface area contributed by atoms with Crippen LogP contribution in [0.15, 0.2) is 23.3 Å². The van der Waals surface area contributed by atoms with E-state index in [9.17, 15) is 24.6 Å². The van der Waals surface area contributed by atoms with Crippen LogP contribution in [-0.2, 0) is 38.1 Å². The Labute approximate surface area is 233 Å². The van der Waals surface area contributed by atoms with E-state index in [0.717, 1.165) is 5.57 Å². The molecule has 3 aliphatic carbocycles. The third kappa shape index (κ3) is 3.27. The van der Waals surface area contributed by atoms with E-state index >= 15 is 0 Å². The number of rotatable bonds is 2. The maximum Gasteiger partial charge on any atom is 0.334 e. The molecule has 0 aromatic rings. The Morgan fingerprint density at radius 1 is 1.20 bits per heavy atom. The number of esters is 3. The van der Waals surface area contributed by atoms with Gasteiger partial charge in [-0.3, -0.25) is 9.59 Å². The van der Waals surface area contributed by atoms with Gasteiger partial charge in [0.05, 0.1) is 23.7 Å². The van der Waals surface area contributed by atoms with E-state index in [4.69, 9.17) is 23.7 Å². The monoisotopic (exact) mass is 558 g/mol. The van der Waals surface area contributed by atoms with Crippen LogP contribution in [0.3, 0.4) is 0 Å². The number of hydrogen-bond donors (Lipinski definition) is 2. The molecule has 0 aromatic carbocycles. The van der Waals surface area contributed by atoms with Gasteiger partial charge >= 0.3 is 17.9 Å². The second-order valence-electron chi connectivity index (χ2n) is 13.7. The van der Waals surface area contributed by atoms with E-state index in [0.29, 0.717) is 12.0 Å². The summed E-state index contributed by atoms with van der Waals surface area (Å²) in [5.74, 6) is -2.51. The van der Waals surface area contributed by atoms with Crippen molar-refractivity contribution in [1.82, 2.24) is 0 Å². The first-order chi connectivity index (χ1) is 18.7. The fourth-order valence-corrected chi connectivity index (χ4v) is 9.78. The molecule has 0 bridgehead atoms. The average molecular weight is 559 g/mol. The number of aliphatic hydroxyl groups is 2. The molecule has 7 aliphatic rings. The molecule has 4 aliphatic heterocycles. The van der Waals surface area contributed by atoms with Crippen LogP contribution in [0.1, 0.15) is 66.7 Å². The summed E-state index contributed by atoms with van der Waals surface area (Å²) < 4.78 is 30.9. The van der Waals surface area contributed by atoms with Crippen molar-refractivity contribution in [3.05, 3.63) is 23.3 Å². The number of cyclic esters (lactones) is 1. The minimum absolute atomic E-state index is 0.0000765. The zero-order valence-electron chi connectivity index (χ0n) is 23.5. The summed E-state index contributed by atoms with van der Waals surface area (Å²) in [6.45, 7) is 8.98.